The minimum Gasteiger partial charge on any atom is -0.392 e. The average Bonchev–Trinajstić information content (AvgIpc) is 2.16. The largest absolute Gasteiger partial charge is 0.392 e. The second kappa shape index (κ2) is 8.90. The fourth-order valence-electron chi connectivity index (χ4n) is 2.56. The third kappa shape index (κ3) is 8.58. The van der Waals surface area contributed by atoms with Gasteiger partial charge in [0.15, 0.2) is 0 Å². The third-order valence-corrected chi connectivity index (χ3v) is 3.06. The number of aliphatic hydroxyl groups excluding tert-OH is 1. The Kier molecular flexibility index (Phi) is 8.83. The fourth-order valence-corrected chi connectivity index (χ4v) is 2.56. The number of nitrogens with zero attached hydrogens (tertiary/aromatic N) is 1. The van der Waals surface area contributed by atoms with Crippen LogP contribution in [-0.4, -0.2) is 49.3 Å². The standard InChI is InChI=1S/C14H32N2O/c1-6-8-14(4,11-15-9-7-2)12-16(5)10-13(3)17/h13,15,17H,6-12H2,1-5H3. The second-order valence-electron chi connectivity index (χ2n) is 5.78. The van der Waals surface area contributed by atoms with Crippen LogP contribution >= 0.6 is 0 Å². The summed E-state index contributed by atoms with van der Waals surface area (Å²) in [6.45, 7) is 12.6. The van der Waals surface area contributed by atoms with E-state index in [1.54, 1.807) is 0 Å². The van der Waals surface area contributed by atoms with E-state index in [0.29, 0.717) is 5.41 Å². The SMILES string of the molecule is CCCNCC(C)(CCC)CN(C)CC(C)O. The van der Waals surface area contributed by atoms with E-state index in [4.69, 9.17) is 0 Å². The van der Waals surface area contributed by atoms with E-state index in [2.05, 4.69) is 38.0 Å². The van der Waals surface area contributed by atoms with E-state index in [9.17, 15) is 5.11 Å². The number of aliphatic hydroxyl groups is 1. The zero-order valence-electron chi connectivity index (χ0n) is 12.4. The topological polar surface area (TPSA) is 35.5 Å². The minimum absolute atomic E-state index is 0.241. The summed E-state index contributed by atoms with van der Waals surface area (Å²) < 4.78 is 0. The van der Waals surface area contributed by atoms with Crippen molar-refractivity contribution in [2.24, 2.45) is 5.41 Å². The first-order valence-corrected chi connectivity index (χ1v) is 7.01. The number of hydrogen-bond donors (Lipinski definition) is 2. The van der Waals surface area contributed by atoms with Gasteiger partial charge in [-0.25, -0.2) is 0 Å². The smallest absolute Gasteiger partial charge is 0.0638 e. The quantitative estimate of drug-likeness (QED) is 0.578. The Morgan fingerprint density at radius 3 is 2.41 bits per heavy atom. The molecule has 0 amide bonds. The zero-order valence-corrected chi connectivity index (χ0v) is 12.4. The van der Waals surface area contributed by atoms with Gasteiger partial charge < -0.3 is 15.3 Å². The molecule has 0 aliphatic rings. The zero-order chi connectivity index (χ0) is 13.3. The van der Waals surface area contributed by atoms with E-state index in [1.807, 2.05) is 6.92 Å². The van der Waals surface area contributed by atoms with E-state index in [1.165, 1.54) is 19.3 Å². The van der Waals surface area contributed by atoms with Crippen LogP contribution in [-0.2, 0) is 0 Å². The van der Waals surface area contributed by atoms with Crippen molar-refractivity contribution >= 4 is 0 Å². The maximum atomic E-state index is 9.41. The van der Waals surface area contributed by atoms with Gasteiger partial charge in [-0.3, -0.25) is 0 Å². The Bertz CT molecular complexity index is 185. The van der Waals surface area contributed by atoms with Gasteiger partial charge in [-0.05, 0) is 38.8 Å². The summed E-state index contributed by atoms with van der Waals surface area (Å²) in [5.41, 5.74) is 0.313. The lowest BCUT2D eigenvalue weighted by Crippen LogP contribution is -2.43. The molecular weight excluding hydrogens is 212 g/mol. The lowest BCUT2D eigenvalue weighted by Gasteiger charge is -2.34. The first-order chi connectivity index (χ1) is 7.93. The molecule has 3 nitrogen and oxygen atoms in total. The molecule has 0 aromatic heterocycles. The lowest BCUT2D eigenvalue weighted by molar-refractivity contribution is 0.106. The van der Waals surface area contributed by atoms with Crippen molar-refractivity contribution in [2.45, 2.75) is 53.1 Å². The van der Waals surface area contributed by atoms with E-state index < -0.39 is 0 Å². The first kappa shape index (κ1) is 16.9. The van der Waals surface area contributed by atoms with E-state index >= 15 is 0 Å². The van der Waals surface area contributed by atoms with Crippen LogP contribution in [0.25, 0.3) is 0 Å². The summed E-state index contributed by atoms with van der Waals surface area (Å²) in [6, 6.07) is 0. The fraction of sp³-hybridized carbons (Fsp3) is 1.00. The minimum atomic E-state index is -0.241. The number of rotatable bonds is 10. The highest BCUT2D eigenvalue weighted by Gasteiger charge is 2.24. The van der Waals surface area contributed by atoms with Crippen molar-refractivity contribution < 1.29 is 5.11 Å². The Hall–Kier alpha value is -0.120. The van der Waals surface area contributed by atoms with Crippen molar-refractivity contribution in [1.82, 2.24) is 10.2 Å². The van der Waals surface area contributed by atoms with Crippen LogP contribution in [0.1, 0.15) is 47.0 Å². The maximum absolute atomic E-state index is 9.41. The molecule has 0 spiro atoms. The molecule has 2 atom stereocenters. The summed E-state index contributed by atoms with van der Waals surface area (Å²) in [4.78, 5) is 2.24. The Balaban J connectivity index is 4.17. The molecule has 0 heterocycles. The lowest BCUT2D eigenvalue weighted by atomic mass is 9.84. The molecule has 0 saturated heterocycles. The van der Waals surface area contributed by atoms with Crippen LogP contribution in [0.15, 0.2) is 0 Å². The van der Waals surface area contributed by atoms with Crippen molar-refractivity contribution in [3.63, 3.8) is 0 Å². The van der Waals surface area contributed by atoms with Crippen molar-refractivity contribution in [2.75, 3.05) is 33.2 Å². The van der Waals surface area contributed by atoms with Crippen molar-refractivity contribution in [3.05, 3.63) is 0 Å². The van der Waals surface area contributed by atoms with Crippen LogP contribution in [0.4, 0.5) is 0 Å². The van der Waals surface area contributed by atoms with Gasteiger partial charge in [0, 0.05) is 19.6 Å². The molecule has 0 aromatic carbocycles. The van der Waals surface area contributed by atoms with Gasteiger partial charge >= 0.3 is 0 Å². The summed E-state index contributed by atoms with van der Waals surface area (Å²) in [5, 5.41) is 12.9. The Labute approximate surface area is 108 Å². The first-order valence-electron chi connectivity index (χ1n) is 7.01. The van der Waals surface area contributed by atoms with Crippen molar-refractivity contribution in [3.8, 4) is 0 Å². The highest BCUT2D eigenvalue weighted by Crippen LogP contribution is 2.23. The molecule has 0 fully saturated rings. The molecule has 2 N–H and O–H groups in total. The van der Waals surface area contributed by atoms with E-state index in [-0.39, 0.29) is 6.10 Å². The second-order valence-corrected chi connectivity index (χ2v) is 5.78. The highest BCUT2D eigenvalue weighted by molar-refractivity contribution is 4.80. The molecule has 3 heteroatoms. The molecule has 104 valence electrons. The summed E-state index contributed by atoms with van der Waals surface area (Å²) >= 11 is 0. The monoisotopic (exact) mass is 244 g/mol. The molecule has 0 saturated carbocycles. The van der Waals surface area contributed by atoms with Gasteiger partial charge in [0.1, 0.15) is 0 Å². The van der Waals surface area contributed by atoms with Gasteiger partial charge in [0.05, 0.1) is 6.10 Å². The van der Waals surface area contributed by atoms with Crippen LogP contribution in [0, 0.1) is 5.41 Å². The van der Waals surface area contributed by atoms with Crippen LogP contribution in [0.5, 0.6) is 0 Å². The molecule has 0 aromatic rings. The number of nitrogens with one attached hydrogen (secondary N) is 1. The molecule has 0 aliphatic heterocycles. The molecular formula is C14H32N2O. The summed E-state index contributed by atoms with van der Waals surface area (Å²) in [5.74, 6) is 0. The van der Waals surface area contributed by atoms with Crippen LogP contribution in [0.3, 0.4) is 0 Å². The third-order valence-electron chi connectivity index (χ3n) is 3.06. The molecule has 0 aliphatic carbocycles. The van der Waals surface area contributed by atoms with Gasteiger partial charge in [-0.2, -0.15) is 0 Å². The van der Waals surface area contributed by atoms with Crippen molar-refractivity contribution in [1.29, 1.82) is 0 Å². The highest BCUT2D eigenvalue weighted by atomic mass is 16.3. The molecule has 17 heavy (non-hydrogen) atoms. The van der Waals surface area contributed by atoms with Crippen LogP contribution in [0.2, 0.25) is 0 Å². The molecule has 0 bridgehead atoms. The summed E-state index contributed by atoms with van der Waals surface area (Å²) in [7, 11) is 2.10. The molecule has 0 rings (SSSR count). The molecule has 2 unspecified atom stereocenters. The average molecular weight is 244 g/mol. The van der Waals surface area contributed by atoms with Gasteiger partial charge in [0.25, 0.3) is 0 Å². The van der Waals surface area contributed by atoms with Gasteiger partial charge in [-0.15, -0.1) is 0 Å². The predicted octanol–water partition coefficient (Wildman–Crippen LogP) is 2.11. The van der Waals surface area contributed by atoms with Gasteiger partial charge in [-0.1, -0.05) is 27.2 Å². The number of likely N-dealkylation sites (N-methyl/N-ethyl adjacent to an activating group) is 1. The normalized spacial score (nSPS) is 17.1. The predicted molar refractivity (Wildman–Crippen MR) is 75.4 cm³/mol. The van der Waals surface area contributed by atoms with Crippen LogP contribution < -0.4 is 5.32 Å². The molecule has 0 radical (unpaired) electrons. The van der Waals surface area contributed by atoms with E-state index in [0.717, 1.165) is 26.2 Å². The Morgan fingerprint density at radius 1 is 1.29 bits per heavy atom. The maximum Gasteiger partial charge on any atom is 0.0638 e. The number of hydrogen-bond acceptors (Lipinski definition) is 3. The van der Waals surface area contributed by atoms with Gasteiger partial charge in [0.2, 0.25) is 0 Å². The summed E-state index contributed by atoms with van der Waals surface area (Å²) in [6.07, 6.45) is 3.39. The Morgan fingerprint density at radius 2 is 1.94 bits per heavy atom.